The largest absolute Gasteiger partial charge is 0.316 e. The van der Waals surface area contributed by atoms with Crippen molar-refractivity contribution in [2.75, 3.05) is 26.2 Å². The first-order valence-corrected chi connectivity index (χ1v) is 6.09. The van der Waals surface area contributed by atoms with Crippen molar-refractivity contribution in [3.05, 3.63) is 35.4 Å². The fourth-order valence-electron chi connectivity index (χ4n) is 2.99. The van der Waals surface area contributed by atoms with E-state index in [9.17, 15) is 8.78 Å². The molecule has 1 aromatic rings. The molecule has 2 saturated heterocycles. The third kappa shape index (κ3) is 2.19. The lowest BCUT2D eigenvalue weighted by Crippen LogP contribution is -2.25. The molecule has 0 aliphatic carbocycles. The van der Waals surface area contributed by atoms with Crippen LogP contribution in [0.1, 0.15) is 5.56 Å². The minimum atomic E-state index is -0.359. The number of rotatable bonds is 2. The van der Waals surface area contributed by atoms with Crippen LogP contribution in [-0.2, 0) is 6.54 Å². The second-order valence-corrected chi connectivity index (χ2v) is 5.11. The molecule has 2 atom stereocenters. The van der Waals surface area contributed by atoms with E-state index in [1.165, 1.54) is 18.2 Å². The maximum atomic E-state index is 13.5. The highest BCUT2D eigenvalue weighted by Crippen LogP contribution is 2.27. The molecule has 2 heterocycles. The quantitative estimate of drug-likeness (QED) is 0.842. The van der Waals surface area contributed by atoms with Gasteiger partial charge in [0.1, 0.15) is 11.6 Å². The Morgan fingerprint density at radius 2 is 1.88 bits per heavy atom. The Kier molecular flexibility index (Phi) is 2.84. The lowest BCUT2D eigenvalue weighted by molar-refractivity contribution is 0.300. The maximum Gasteiger partial charge on any atom is 0.127 e. The lowest BCUT2D eigenvalue weighted by atomic mass is 10.0. The standard InChI is InChI=1S/C13H16F2N2/c14-12-1-2-13(15)9(3-12)6-17-7-10-4-16-5-11(10)8-17/h1-3,10-11,16H,4-8H2. The van der Waals surface area contributed by atoms with Crippen LogP contribution >= 0.6 is 0 Å². The van der Waals surface area contributed by atoms with Crippen molar-refractivity contribution >= 4 is 0 Å². The van der Waals surface area contributed by atoms with Crippen LogP contribution in [0.4, 0.5) is 8.78 Å². The molecule has 1 N–H and O–H groups in total. The van der Waals surface area contributed by atoms with Gasteiger partial charge < -0.3 is 5.32 Å². The Morgan fingerprint density at radius 3 is 2.59 bits per heavy atom. The number of hydrogen-bond acceptors (Lipinski definition) is 2. The van der Waals surface area contributed by atoms with E-state index < -0.39 is 0 Å². The van der Waals surface area contributed by atoms with Crippen LogP contribution in [-0.4, -0.2) is 31.1 Å². The van der Waals surface area contributed by atoms with E-state index in [0.717, 1.165) is 26.2 Å². The van der Waals surface area contributed by atoms with E-state index >= 15 is 0 Å². The molecule has 2 aliphatic heterocycles. The Morgan fingerprint density at radius 1 is 1.18 bits per heavy atom. The average Bonchev–Trinajstić information content (AvgIpc) is 2.83. The minimum Gasteiger partial charge on any atom is -0.316 e. The van der Waals surface area contributed by atoms with Gasteiger partial charge in [-0.3, -0.25) is 4.90 Å². The molecule has 2 nitrogen and oxygen atoms in total. The van der Waals surface area contributed by atoms with Crippen LogP contribution in [0.25, 0.3) is 0 Å². The van der Waals surface area contributed by atoms with Crippen molar-refractivity contribution < 1.29 is 8.78 Å². The third-order valence-corrected chi connectivity index (χ3v) is 3.87. The molecule has 2 aliphatic rings. The Hall–Kier alpha value is -1.00. The molecular formula is C13H16F2N2. The van der Waals surface area contributed by atoms with E-state index in [4.69, 9.17) is 0 Å². The van der Waals surface area contributed by atoms with Gasteiger partial charge in [0, 0.05) is 25.2 Å². The predicted octanol–water partition coefficient (Wildman–Crippen LogP) is 1.62. The highest BCUT2D eigenvalue weighted by atomic mass is 19.1. The number of likely N-dealkylation sites (tertiary alicyclic amines) is 1. The van der Waals surface area contributed by atoms with E-state index in [0.29, 0.717) is 23.9 Å². The summed E-state index contributed by atoms with van der Waals surface area (Å²) in [5.74, 6) is 0.710. The molecule has 0 spiro atoms. The first kappa shape index (κ1) is 11.1. The maximum absolute atomic E-state index is 13.5. The molecule has 2 fully saturated rings. The summed E-state index contributed by atoms with van der Waals surface area (Å²) in [5, 5.41) is 3.37. The molecule has 17 heavy (non-hydrogen) atoms. The number of nitrogens with one attached hydrogen (secondary N) is 1. The SMILES string of the molecule is Fc1ccc(F)c(CN2CC3CNCC3C2)c1. The molecule has 2 unspecified atom stereocenters. The van der Waals surface area contributed by atoms with Crippen LogP contribution in [0, 0.1) is 23.5 Å². The number of benzene rings is 1. The Balaban J connectivity index is 1.69. The minimum absolute atomic E-state index is 0.304. The molecule has 1 aromatic carbocycles. The first-order valence-electron chi connectivity index (χ1n) is 6.09. The van der Waals surface area contributed by atoms with Crippen molar-refractivity contribution in [2.45, 2.75) is 6.54 Å². The van der Waals surface area contributed by atoms with Crippen LogP contribution in [0.5, 0.6) is 0 Å². The zero-order valence-electron chi connectivity index (χ0n) is 9.63. The van der Waals surface area contributed by atoms with Gasteiger partial charge in [-0.15, -0.1) is 0 Å². The first-order chi connectivity index (χ1) is 8.22. The summed E-state index contributed by atoms with van der Waals surface area (Å²) in [6.45, 7) is 4.64. The van der Waals surface area contributed by atoms with Gasteiger partial charge in [-0.2, -0.15) is 0 Å². The van der Waals surface area contributed by atoms with Crippen LogP contribution < -0.4 is 5.32 Å². The lowest BCUT2D eigenvalue weighted by Gasteiger charge is -2.17. The van der Waals surface area contributed by atoms with Gasteiger partial charge in [0.2, 0.25) is 0 Å². The zero-order chi connectivity index (χ0) is 11.8. The van der Waals surface area contributed by atoms with Gasteiger partial charge in [-0.25, -0.2) is 8.78 Å². The number of hydrogen-bond donors (Lipinski definition) is 1. The summed E-state index contributed by atoms with van der Waals surface area (Å²) < 4.78 is 26.6. The topological polar surface area (TPSA) is 15.3 Å². The number of fused-ring (bicyclic) bond motifs is 1. The smallest absolute Gasteiger partial charge is 0.127 e. The van der Waals surface area contributed by atoms with Crippen LogP contribution in [0.2, 0.25) is 0 Å². The molecular weight excluding hydrogens is 222 g/mol. The summed E-state index contributed by atoms with van der Waals surface area (Å²) >= 11 is 0. The van der Waals surface area contributed by atoms with E-state index in [-0.39, 0.29) is 11.6 Å². The van der Waals surface area contributed by atoms with Crippen LogP contribution in [0.3, 0.4) is 0 Å². The summed E-state index contributed by atoms with van der Waals surface area (Å²) in [4.78, 5) is 2.23. The van der Waals surface area contributed by atoms with Crippen molar-refractivity contribution in [1.82, 2.24) is 10.2 Å². The summed E-state index contributed by atoms with van der Waals surface area (Å²) in [6.07, 6.45) is 0. The normalized spacial score (nSPS) is 28.6. The van der Waals surface area contributed by atoms with Gasteiger partial charge in [0.15, 0.2) is 0 Å². The van der Waals surface area contributed by atoms with Gasteiger partial charge >= 0.3 is 0 Å². The third-order valence-electron chi connectivity index (χ3n) is 3.87. The number of halogens is 2. The number of nitrogens with zero attached hydrogens (tertiary/aromatic N) is 1. The second kappa shape index (κ2) is 4.35. The van der Waals surface area contributed by atoms with Crippen molar-refractivity contribution in [1.29, 1.82) is 0 Å². The molecule has 92 valence electrons. The second-order valence-electron chi connectivity index (χ2n) is 5.11. The van der Waals surface area contributed by atoms with Gasteiger partial charge in [-0.05, 0) is 43.1 Å². The molecule has 3 rings (SSSR count). The summed E-state index contributed by atoms with van der Waals surface area (Å²) in [6, 6.07) is 3.69. The highest BCUT2D eigenvalue weighted by molar-refractivity contribution is 5.19. The van der Waals surface area contributed by atoms with Crippen molar-refractivity contribution in [2.24, 2.45) is 11.8 Å². The monoisotopic (exact) mass is 238 g/mol. The Labute approximate surface area is 99.6 Å². The molecule has 0 saturated carbocycles. The highest BCUT2D eigenvalue weighted by Gasteiger charge is 2.35. The van der Waals surface area contributed by atoms with E-state index in [1.54, 1.807) is 0 Å². The summed E-state index contributed by atoms with van der Waals surface area (Å²) in [5.41, 5.74) is 0.470. The van der Waals surface area contributed by atoms with E-state index in [2.05, 4.69) is 10.2 Å². The summed E-state index contributed by atoms with van der Waals surface area (Å²) in [7, 11) is 0. The van der Waals surface area contributed by atoms with E-state index in [1.807, 2.05) is 0 Å². The predicted molar refractivity (Wildman–Crippen MR) is 61.5 cm³/mol. The fraction of sp³-hybridized carbons (Fsp3) is 0.538. The average molecular weight is 238 g/mol. The van der Waals surface area contributed by atoms with Gasteiger partial charge in [0.05, 0.1) is 0 Å². The van der Waals surface area contributed by atoms with Crippen LogP contribution in [0.15, 0.2) is 18.2 Å². The fourth-order valence-corrected chi connectivity index (χ4v) is 2.99. The molecule has 0 radical (unpaired) electrons. The molecule has 0 amide bonds. The molecule has 0 bridgehead atoms. The Bertz CT molecular complexity index is 410. The van der Waals surface area contributed by atoms with Crippen molar-refractivity contribution in [3.8, 4) is 0 Å². The molecule has 4 heteroatoms. The van der Waals surface area contributed by atoms with Gasteiger partial charge in [0.25, 0.3) is 0 Å². The molecule has 0 aromatic heterocycles. The van der Waals surface area contributed by atoms with Gasteiger partial charge in [-0.1, -0.05) is 0 Å². The van der Waals surface area contributed by atoms with Crippen molar-refractivity contribution in [3.63, 3.8) is 0 Å². The zero-order valence-corrected chi connectivity index (χ0v) is 9.63.